The zero-order valence-electron chi connectivity index (χ0n) is 4.76. The van der Waals surface area contributed by atoms with Gasteiger partial charge < -0.3 is 0 Å². The molecule has 8 heavy (non-hydrogen) atoms. The van der Waals surface area contributed by atoms with E-state index in [0.717, 1.165) is 0 Å². The van der Waals surface area contributed by atoms with Gasteiger partial charge in [-0.25, -0.2) is 0 Å². The molecule has 0 bridgehead atoms. The molecule has 0 amide bonds. The van der Waals surface area contributed by atoms with Crippen LogP contribution in [0.25, 0.3) is 0 Å². The van der Waals surface area contributed by atoms with Crippen molar-refractivity contribution in [2.24, 2.45) is 0 Å². The minimum absolute atomic E-state index is 0. The fraction of sp³-hybridized carbons (Fsp3) is 0.143. The summed E-state index contributed by atoms with van der Waals surface area (Å²) in [5, 5.41) is 0. The van der Waals surface area contributed by atoms with Gasteiger partial charge in [0, 0.05) is 0 Å². The van der Waals surface area contributed by atoms with Crippen molar-refractivity contribution in [2.45, 2.75) is 6.92 Å². The van der Waals surface area contributed by atoms with Gasteiger partial charge in [0.25, 0.3) is 0 Å². The SMILES string of the molecule is Cc1ccccc1.[Mn+2]. The third-order valence-electron chi connectivity index (χ3n) is 0.940. The summed E-state index contributed by atoms with van der Waals surface area (Å²) in [5.74, 6) is 0. The Hall–Kier alpha value is -0.261. The van der Waals surface area contributed by atoms with E-state index in [1.807, 2.05) is 18.2 Å². The molecule has 0 heterocycles. The topological polar surface area (TPSA) is 0 Å². The summed E-state index contributed by atoms with van der Waals surface area (Å²) in [6.07, 6.45) is 0. The summed E-state index contributed by atoms with van der Waals surface area (Å²) in [4.78, 5) is 0. The van der Waals surface area contributed by atoms with Crippen LogP contribution in [0.15, 0.2) is 30.3 Å². The Morgan fingerprint density at radius 3 is 1.75 bits per heavy atom. The second-order valence-electron chi connectivity index (χ2n) is 1.65. The summed E-state index contributed by atoms with van der Waals surface area (Å²) < 4.78 is 0. The van der Waals surface area contributed by atoms with Crippen molar-refractivity contribution in [3.05, 3.63) is 35.9 Å². The molecular formula is C7H8Mn+2. The Labute approximate surface area is 60.4 Å². The summed E-state index contributed by atoms with van der Waals surface area (Å²) >= 11 is 0. The second kappa shape index (κ2) is 3.71. The summed E-state index contributed by atoms with van der Waals surface area (Å²) in [6.45, 7) is 2.08. The Morgan fingerprint density at radius 1 is 1.00 bits per heavy atom. The van der Waals surface area contributed by atoms with Gasteiger partial charge in [-0.3, -0.25) is 0 Å². The van der Waals surface area contributed by atoms with Gasteiger partial charge in [0.05, 0.1) is 0 Å². The maximum atomic E-state index is 2.08. The van der Waals surface area contributed by atoms with Crippen LogP contribution in [0.1, 0.15) is 5.56 Å². The summed E-state index contributed by atoms with van der Waals surface area (Å²) in [7, 11) is 0. The van der Waals surface area contributed by atoms with Crippen LogP contribution >= 0.6 is 0 Å². The van der Waals surface area contributed by atoms with Crippen molar-refractivity contribution >= 4 is 0 Å². The first kappa shape index (κ1) is 7.74. The van der Waals surface area contributed by atoms with Crippen molar-refractivity contribution in [3.63, 3.8) is 0 Å². The van der Waals surface area contributed by atoms with E-state index in [1.165, 1.54) is 5.56 Å². The molecular weight excluding hydrogens is 139 g/mol. The number of benzene rings is 1. The zero-order valence-corrected chi connectivity index (χ0v) is 5.95. The number of hydrogen-bond acceptors (Lipinski definition) is 0. The third kappa shape index (κ3) is 2.15. The van der Waals surface area contributed by atoms with Crippen LogP contribution in [-0.4, -0.2) is 0 Å². The fourth-order valence-corrected chi connectivity index (χ4v) is 0.534. The van der Waals surface area contributed by atoms with E-state index in [1.54, 1.807) is 0 Å². The van der Waals surface area contributed by atoms with Crippen molar-refractivity contribution in [1.29, 1.82) is 0 Å². The Morgan fingerprint density at radius 2 is 1.50 bits per heavy atom. The third-order valence-corrected chi connectivity index (χ3v) is 0.940. The van der Waals surface area contributed by atoms with Crippen LogP contribution in [0, 0.1) is 6.92 Å². The van der Waals surface area contributed by atoms with Crippen LogP contribution in [0.3, 0.4) is 0 Å². The molecule has 0 aromatic heterocycles. The van der Waals surface area contributed by atoms with Crippen molar-refractivity contribution in [2.75, 3.05) is 0 Å². The number of rotatable bonds is 0. The molecule has 0 atom stereocenters. The molecule has 1 aromatic carbocycles. The maximum Gasteiger partial charge on any atom is 2.00 e. The molecule has 0 saturated heterocycles. The number of aryl methyl sites for hydroxylation is 1. The van der Waals surface area contributed by atoms with Gasteiger partial charge in [-0.2, -0.15) is 0 Å². The molecule has 0 fully saturated rings. The van der Waals surface area contributed by atoms with Gasteiger partial charge in [0.2, 0.25) is 0 Å². The predicted octanol–water partition coefficient (Wildman–Crippen LogP) is 1.99. The van der Waals surface area contributed by atoms with Crippen molar-refractivity contribution in [3.8, 4) is 0 Å². The molecule has 0 aliphatic heterocycles. The maximum absolute atomic E-state index is 2.08. The quantitative estimate of drug-likeness (QED) is 0.492. The molecule has 0 aliphatic carbocycles. The smallest absolute Gasteiger partial charge is 0.0622 e. The monoisotopic (exact) mass is 147 g/mol. The van der Waals surface area contributed by atoms with Crippen molar-refractivity contribution < 1.29 is 17.1 Å². The van der Waals surface area contributed by atoms with Crippen LogP contribution in [0.4, 0.5) is 0 Å². The van der Waals surface area contributed by atoms with Crippen LogP contribution in [0.5, 0.6) is 0 Å². The van der Waals surface area contributed by atoms with Gasteiger partial charge in [0.15, 0.2) is 0 Å². The van der Waals surface area contributed by atoms with E-state index in [2.05, 4.69) is 19.1 Å². The van der Waals surface area contributed by atoms with Crippen LogP contribution in [-0.2, 0) is 17.1 Å². The molecule has 41 valence electrons. The largest absolute Gasteiger partial charge is 2.00 e. The first-order chi connectivity index (χ1) is 3.39. The molecule has 0 N–H and O–H groups in total. The van der Waals surface area contributed by atoms with Gasteiger partial charge in [-0.05, 0) is 6.92 Å². The van der Waals surface area contributed by atoms with E-state index < -0.39 is 0 Å². The fourth-order valence-electron chi connectivity index (χ4n) is 0.534. The number of hydrogen-bond donors (Lipinski definition) is 0. The molecule has 0 spiro atoms. The normalized spacial score (nSPS) is 7.62. The average Bonchev–Trinajstić information content (AvgIpc) is 1.69. The molecule has 1 heteroatoms. The Bertz CT molecular complexity index is 134. The molecule has 0 nitrogen and oxygen atoms in total. The van der Waals surface area contributed by atoms with Gasteiger partial charge in [0.1, 0.15) is 0 Å². The van der Waals surface area contributed by atoms with E-state index in [9.17, 15) is 0 Å². The Balaban J connectivity index is 0.000000490. The van der Waals surface area contributed by atoms with Crippen molar-refractivity contribution in [1.82, 2.24) is 0 Å². The minimum Gasteiger partial charge on any atom is -0.0622 e. The summed E-state index contributed by atoms with van der Waals surface area (Å²) in [5.41, 5.74) is 1.32. The minimum atomic E-state index is 0. The van der Waals surface area contributed by atoms with E-state index in [0.29, 0.717) is 0 Å². The van der Waals surface area contributed by atoms with Crippen LogP contribution in [0.2, 0.25) is 0 Å². The Kier molecular flexibility index (Phi) is 3.59. The molecule has 1 aromatic rings. The average molecular weight is 147 g/mol. The predicted molar refractivity (Wildman–Crippen MR) is 31.2 cm³/mol. The van der Waals surface area contributed by atoms with E-state index in [-0.39, 0.29) is 17.1 Å². The second-order valence-corrected chi connectivity index (χ2v) is 1.65. The zero-order chi connectivity index (χ0) is 5.11. The van der Waals surface area contributed by atoms with E-state index in [4.69, 9.17) is 0 Å². The summed E-state index contributed by atoms with van der Waals surface area (Å²) in [6, 6.07) is 10.3. The van der Waals surface area contributed by atoms with Crippen LogP contribution < -0.4 is 0 Å². The van der Waals surface area contributed by atoms with Gasteiger partial charge in [-0.15, -0.1) is 0 Å². The molecule has 1 radical (unpaired) electrons. The van der Waals surface area contributed by atoms with Gasteiger partial charge >= 0.3 is 17.1 Å². The first-order valence-electron chi connectivity index (χ1n) is 2.41. The standard InChI is InChI=1S/C7H8.Mn/c1-7-5-3-2-4-6-7;/h2-6H,1H3;/q;+2. The molecule has 0 unspecified atom stereocenters. The van der Waals surface area contributed by atoms with E-state index >= 15 is 0 Å². The van der Waals surface area contributed by atoms with Gasteiger partial charge in [-0.1, -0.05) is 35.9 Å². The molecule has 0 aliphatic rings. The first-order valence-corrected chi connectivity index (χ1v) is 2.41. The molecule has 1 rings (SSSR count). The molecule has 0 saturated carbocycles.